The molecule has 154 valence electrons. The van der Waals surface area contributed by atoms with Crippen molar-refractivity contribution in [2.75, 3.05) is 23.0 Å². The molecule has 0 unspecified atom stereocenters. The number of para-hydroxylation sites is 2. The number of pyridine rings is 1. The molecule has 1 amide bonds. The van der Waals surface area contributed by atoms with Gasteiger partial charge in [0, 0.05) is 40.8 Å². The first-order valence-corrected chi connectivity index (χ1v) is 11.8. The van der Waals surface area contributed by atoms with Gasteiger partial charge < -0.3 is 4.90 Å². The Morgan fingerprint density at radius 3 is 2.58 bits per heavy atom. The van der Waals surface area contributed by atoms with E-state index in [1.807, 2.05) is 70.1 Å². The van der Waals surface area contributed by atoms with Gasteiger partial charge >= 0.3 is 0 Å². The van der Waals surface area contributed by atoms with E-state index in [2.05, 4.69) is 21.2 Å². The summed E-state index contributed by atoms with van der Waals surface area (Å²) in [5.74, 6) is 1.99. The smallest absolute Gasteiger partial charge is 0.237 e. The van der Waals surface area contributed by atoms with Crippen LogP contribution in [0.15, 0.2) is 89.2 Å². The number of hydrogen-bond donors (Lipinski definition) is 0. The number of hydrogen-bond acceptors (Lipinski definition) is 6. The standard InChI is InChI=1S/C23H19N5OS2/c29-21(27-14-15-30-20-9-5-4-8-19(20)27)16-31-23-26-25-22(17-10-12-24-13-11-17)28(23)18-6-2-1-3-7-18/h1-13H,14-16H2. The van der Waals surface area contributed by atoms with Crippen molar-refractivity contribution in [2.45, 2.75) is 10.1 Å². The van der Waals surface area contributed by atoms with Crippen molar-refractivity contribution in [3.8, 4) is 17.1 Å². The summed E-state index contributed by atoms with van der Waals surface area (Å²) in [5.41, 5.74) is 2.87. The lowest BCUT2D eigenvalue weighted by Crippen LogP contribution is -2.36. The molecule has 8 heteroatoms. The highest BCUT2D eigenvalue weighted by Crippen LogP contribution is 2.35. The first-order chi connectivity index (χ1) is 15.3. The molecule has 0 aliphatic carbocycles. The molecule has 0 fully saturated rings. The average Bonchev–Trinajstić information content (AvgIpc) is 3.27. The van der Waals surface area contributed by atoms with Crippen LogP contribution < -0.4 is 4.90 Å². The van der Waals surface area contributed by atoms with E-state index in [1.165, 1.54) is 11.8 Å². The SMILES string of the molecule is O=C(CSc1nnc(-c2ccncc2)n1-c1ccccc1)N1CCSc2ccccc21. The summed E-state index contributed by atoms with van der Waals surface area (Å²) in [4.78, 5) is 20.2. The third-order valence-corrected chi connectivity index (χ3v) is 6.90. The zero-order valence-electron chi connectivity index (χ0n) is 16.6. The van der Waals surface area contributed by atoms with Crippen LogP contribution in [-0.4, -0.2) is 43.7 Å². The Morgan fingerprint density at radius 1 is 0.968 bits per heavy atom. The number of amides is 1. The van der Waals surface area contributed by atoms with Crippen molar-refractivity contribution in [3.63, 3.8) is 0 Å². The van der Waals surface area contributed by atoms with Crippen LogP contribution in [0.1, 0.15) is 0 Å². The zero-order chi connectivity index (χ0) is 21.0. The van der Waals surface area contributed by atoms with Crippen LogP contribution >= 0.6 is 23.5 Å². The van der Waals surface area contributed by atoms with E-state index < -0.39 is 0 Å². The van der Waals surface area contributed by atoms with E-state index in [0.717, 1.165) is 33.4 Å². The number of thioether (sulfide) groups is 2. The van der Waals surface area contributed by atoms with Crippen LogP contribution in [0.4, 0.5) is 5.69 Å². The van der Waals surface area contributed by atoms with E-state index >= 15 is 0 Å². The number of carbonyl (C=O) groups is 1. The van der Waals surface area contributed by atoms with Crippen LogP contribution in [0.25, 0.3) is 17.1 Å². The molecule has 3 heterocycles. The Kier molecular flexibility index (Phi) is 5.73. The summed E-state index contributed by atoms with van der Waals surface area (Å²) in [5, 5.41) is 9.52. The molecule has 0 bridgehead atoms. The number of anilines is 1. The summed E-state index contributed by atoms with van der Waals surface area (Å²) in [6.07, 6.45) is 3.48. The fourth-order valence-corrected chi connectivity index (χ4v) is 5.32. The number of fused-ring (bicyclic) bond motifs is 1. The molecule has 0 spiro atoms. The molecule has 0 N–H and O–H groups in total. The first-order valence-electron chi connectivity index (χ1n) is 9.87. The topological polar surface area (TPSA) is 63.9 Å². The summed E-state index contributed by atoms with van der Waals surface area (Å²) in [7, 11) is 0. The Balaban J connectivity index is 1.43. The van der Waals surface area contributed by atoms with E-state index in [-0.39, 0.29) is 5.91 Å². The number of rotatable bonds is 5. The van der Waals surface area contributed by atoms with Crippen molar-refractivity contribution in [3.05, 3.63) is 79.1 Å². The van der Waals surface area contributed by atoms with Gasteiger partial charge in [0.25, 0.3) is 0 Å². The second-order valence-electron chi connectivity index (χ2n) is 6.86. The highest BCUT2D eigenvalue weighted by Gasteiger charge is 2.24. The fourth-order valence-electron chi connectivity index (χ4n) is 3.49. The van der Waals surface area contributed by atoms with Gasteiger partial charge in [-0.15, -0.1) is 22.0 Å². The quantitative estimate of drug-likeness (QED) is 0.420. The molecule has 5 rings (SSSR count). The molecule has 1 aliphatic heterocycles. The van der Waals surface area contributed by atoms with Crippen molar-refractivity contribution in [1.29, 1.82) is 0 Å². The predicted molar refractivity (Wildman–Crippen MR) is 125 cm³/mol. The minimum absolute atomic E-state index is 0.0748. The molecule has 0 saturated carbocycles. The third-order valence-electron chi connectivity index (χ3n) is 4.94. The van der Waals surface area contributed by atoms with Gasteiger partial charge in [0.15, 0.2) is 11.0 Å². The predicted octanol–water partition coefficient (Wildman–Crippen LogP) is 4.56. The van der Waals surface area contributed by atoms with Gasteiger partial charge in [-0.05, 0) is 36.4 Å². The average molecular weight is 446 g/mol. The monoisotopic (exact) mass is 445 g/mol. The Labute approximate surface area is 188 Å². The maximum absolute atomic E-state index is 13.1. The summed E-state index contributed by atoms with van der Waals surface area (Å²) in [6.45, 7) is 0.717. The summed E-state index contributed by atoms with van der Waals surface area (Å²) in [6, 6.07) is 21.8. The van der Waals surface area contributed by atoms with Crippen LogP contribution in [-0.2, 0) is 4.79 Å². The van der Waals surface area contributed by atoms with Crippen molar-refractivity contribution < 1.29 is 4.79 Å². The minimum atomic E-state index is 0.0748. The number of carbonyl (C=O) groups excluding carboxylic acids is 1. The van der Waals surface area contributed by atoms with Gasteiger partial charge in [0.2, 0.25) is 5.91 Å². The lowest BCUT2D eigenvalue weighted by Gasteiger charge is -2.28. The Morgan fingerprint density at radius 2 is 1.74 bits per heavy atom. The van der Waals surface area contributed by atoms with Gasteiger partial charge in [-0.2, -0.15) is 0 Å². The minimum Gasteiger partial charge on any atom is -0.310 e. The lowest BCUT2D eigenvalue weighted by molar-refractivity contribution is -0.116. The Hall–Kier alpha value is -3.10. The molecule has 0 atom stereocenters. The second kappa shape index (κ2) is 8.95. The number of nitrogens with zero attached hydrogens (tertiary/aromatic N) is 5. The van der Waals surface area contributed by atoms with E-state index in [4.69, 9.17) is 0 Å². The maximum atomic E-state index is 13.1. The fraction of sp³-hybridized carbons (Fsp3) is 0.130. The highest BCUT2D eigenvalue weighted by atomic mass is 32.2. The van der Waals surface area contributed by atoms with Gasteiger partial charge in [0.1, 0.15) is 0 Å². The normalized spacial score (nSPS) is 13.1. The van der Waals surface area contributed by atoms with Crippen LogP contribution in [0.3, 0.4) is 0 Å². The van der Waals surface area contributed by atoms with Gasteiger partial charge in [-0.25, -0.2) is 0 Å². The molecule has 1 aliphatic rings. The van der Waals surface area contributed by atoms with Crippen molar-refractivity contribution in [1.82, 2.24) is 19.7 Å². The van der Waals surface area contributed by atoms with Crippen LogP contribution in [0, 0.1) is 0 Å². The molecule has 6 nitrogen and oxygen atoms in total. The highest BCUT2D eigenvalue weighted by molar-refractivity contribution is 8.00. The zero-order valence-corrected chi connectivity index (χ0v) is 18.2. The van der Waals surface area contributed by atoms with Crippen molar-refractivity contribution >= 4 is 35.1 Å². The molecule has 0 radical (unpaired) electrons. The molecule has 4 aromatic rings. The van der Waals surface area contributed by atoms with E-state index in [0.29, 0.717) is 17.5 Å². The molecule has 31 heavy (non-hydrogen) atoms. The first kappa shape index (κ1) is 19.8. The molecule has 2 aromatic carbocycles. The van der Waals surface area contributed by atoms with Crippen LogP contribution in [0.2, 0.25) is 0 Å². The van der Waals surface area contributed by atoms with E-state index in [1.54, 1.807) is 24.2 Å². The molecule has 2 aromatic heterocycles. The molecular formula is C23H19N5OS2. The lowest BCUT2D eigenvalue weighted by atomic mass is 10.2. The Bertz CT molecular complexity index is 1200. The van der Waals surface area contributed by atoms with Gasteiger partial charge in [-0.1, -0.05) is 42.1 Å². The van der Waals surface area contributed by atoms with Gasteiger partial charge in [0.05, 0.1) is 11.4 Å². The number of benzene rings is 2. The summed E-state index contributed by atoms with van der Waals surface area (Å²) >= 11 is 3.20. The largest absolute Gasteiger partial charge is 0.310 e. The third kappa shape index (κ3) is 4.08. The molecule has 0 saturated heterocycles. The van der Waals surface area contributed by atoms with E-state index in [9.17, 15) is 4.79 Å². The molecular weight excluding hydrogens is 426 g/mol. The van der Waals surface area contributed by atoms with Crippen LogP contribution in [0.5, 0.6) is 0 Å². The second-order valence-corrected chi connectivity index (χ2v) is 8.94. The summed E-state index contributed by atoms with van der Waals surface area (Å²) < 4.78 is 1.99. The number of aromatic nitrogens is 4. The maximum Gasteiger partial charge on any atom is 0.237 e. The van der Waals surface area contributed by atoms with Gasteiger partial charge in [-0.3, -0.25) is 14.3 Å². The van der Waals surface area contributed by atoms with Crippen molar-refractivity contribution in [2.24, 2.45) is 0 Å².